The fourth-order valence-electron chi connectivity index (χ4n) is 2.84. The molecule has 1 fully saturated rings. The number of aryl methyl sites for hydroxylation is 1. The van der Waals surface area contributed by atoms with Crippen LogP contribution in [0.3, 0.4) is 0 Å². The molecule has 5 heteroatoms. The third-order valence-corrected chi connectivity index (χ3v) is 3.90. The van der Waals surface area contributed by atoms with E-state index in [9.17, 15) is 0 Å². The van der Waals surface area contributed by atoms with E-state index in [1.807, 2.05) is 6.92 Å². The minimum Gasteiger partial charge on any atom is -0.384 e. The number of methoxy groups -OCH3 is 1. The minimum atomic E-state index is 0.582. The molecule has 5 nitrogen and oxygen atoms in total. The number of nitrogens with zero attached hydrogens (tertiary/aromatic N) is 3. The van der Waals surface area contributed by atoms with Gasteiger partial charge in [-0.15, -0.1) is 0 Å². The van der Waals surface area contributed by atoms with E-state index in [0.29, 0.717) is 11.7 Å². The van der Waals surface area contributed by atoms with Gasteiger partial charge in [-0.2, -0.15) is 0 Å². The fraction of sp³-hybridized carbons (Fsp3) is 0.733. The summed E-state index contributed by atoms with van der Waals surface area (Å²) < 4.78 is 5.30. The number of aromatic nitrogens is 2. The van der Waals surface area contributed by atoms with Gasteiger partial charge in [0.1, 0.15) is 17.5 Å². The molecule has 0 spiro atoms. The number of rotatable bonds is 5. The molecule has 112 valence electrons. The first-order valence-corrected chi connectivity index (χ1v) is 7.52. The normalized spacial score (nSPS) is 19.4. The monoisotopic (exact) mass is 278 g/mol. The lowest BCUT2D eigenvalue weighted by atomic mass is 9.98. The van der Waals surface area contributed by atoms with Crippen LogP contribution in [0.5, 0.6) is 0 Å². The Morgan fingerprint density at radius 1 is 1.40 bits per heavy atom. The van der Waals surface area contributed by atoms with E-state index in [1.54, 1.807) is 7.11 Å². The van der Waals surface area contributed by atoms with Gasteiger partial charge in [0.05, 0.1) is 6.61 Å². The molecule has 1 aliphatic heterocycles. The second kappa shape index (κ2) is 6.88. The Kier molecular flexibility index (Phi) is 5.17. The highest BCUT2D eigenvalue weighted by Crippen LogP contribution is 2.27. The molecule has 2 N–H and O–H groups in total. The molecule has 0 bridgehead atoms. The summed E-state index contributed by atoms with van der Waals surface area (Å²) in [5.74, 6) is 3.08. The average Bonchev–Trinajstić information content (AvgIpc) is 2.43. The van der Waals surface area contributed by atoms with Crippen molar-refractivity contribution in [3.8, 4) is 0 Å². The molecule has 1 aromatic rings. The van der Waals surface area contributed by atoms with Gasteiger partial charge in [0.25, 0.3) is 0 Å². The molecule has 0 amide bonds. The van der Waals surface area contributed by atoms with Gasteiger partial charge in [-0.05, 0) is 32.1 Å². The number of hydrogen-bond donors (Lipinski definition) is 1. The minimum absolute atomic E-state index is 0.582. The maximum atomic E-state index is 6.05. The van der Waals surface area contributed by atoms with Crippen LogP contribution in [0.1, 0.15) is 37.6 Å². The highest BCUT2D eigenvalue weighted by atomic mass is 16.5. The molecule has 0 saturated carbocycles. The van der Waals surface area contributed by atoms with Crippen LogP contribution in [0, 0.1) is 12.8 Å². The zero-order valence-electron chi connectivity index (χ0n) is 12.9. The van der Waals surface area contributed by atoms with E-state index in [1.165, 1.54) is 12.8 Å². The van der Waals surface area contributed by atoms with E-state index in [2.05, 4.69) is 16.8 Å². The third-order valence-electron chi connectivity index (χ3n) is 3.90. The smallest absolute Gasteiger partial charge is 0.137 e. The summed E-state index contributed by atoms with van der Waals surface area (Å²) in [5, 5.41) is 0. The van der Waals surface area contributed by atoms with Gasteiger partial charge in [-0.25, -0.2) is 9.97 Å². The number of piperidine rings is 1. The van der Waals surface area contributed by atoms with E-state index in [-0.39, 0.29) is 0 Å². The van der Waals surface area contributed by atoms with E-state index in [0.717, 1.165) is 49.7 Å². The predicted molar refractivity (Wildman–Crippen MR) is 82.0 cm³/mol. The number of anilines is 2. The molecule has 0 aliphatic carbocycles. The van der Waals surface area contributed by atoms with Crippen molar-refractivity contribution in [3.05, 3.63) is 11.4 Å². The van der Waals surface area contributed by atoms with Crippen LogP contribution >= 0.6 is 0 Å². The van der Waals surface area contributed by atoms with Gasteiger partial charge in [-0.3, -0.25) is 0 Å². The molecule has 0 radical (unpaired) electrons. The molecule has 1 unspecified atom stereocenters. The summed E-state index contributed by atoms with van der Waals surface area (Å²) in [6, 6.07) is 0. The summed E-state index contributed by atoms with van der Waals surface area (Å²) in [4.78, 5) is 11.5. The molecule has 1 atom stereocenters. The average molecular weight is 278 g/mol. The number of hydrogen-bond acceptors (Lipinski definition) is 5. The van der Waals surface area contributed by atoms with E-state index < -0.39 is 0 Å². The van der Waals surface area contributed by atoms with Crippen molar-refractivity contribution >= 4 is 11.6 Å². The Morgan fingerprint density at radius 3 is 2.90 bits per heavy atom. The van der Waals surface area contributed by atoms with Crippen LogP contribution in [0.4, 0.5) is 11.6 Å². The van der Waals surface area contributed by atoms with Gasteiger partial charge in [0, 0.05) is 32.2 Å². The highest BCUT2D eigenvalue weighted by Gasteiger charge is 2.23. The Bertz CT molecular complexity index is 448. The Balaban J connectivity index is 2.21. The molecule has 0 aromatic carbocycles. The van der Waals surface area contributed by atoms with Crippen molar-refractivity contribution in [2.45, 2.75) is 39.5 Å². The van der Waals surface area contributed by atoms with Crippen LogP contribution < -0.4 is 10.6 Å². The molecular formula is C15H26N4O. The van der Waals surface area contributed by atoms with Crippen molar-refractivity contribution < 1.29 is 4.74 Å². The van der Waals surface area contributed by atoms with Gasteiger partial charge >= 0.3 is 0 Å². The number of nitrogens with two attached hydrogens (primary N) is 1. The first-order chi connectivity index (χ1) is 9.65. The Morgan fingerprint density at radius 2 is 2.20 bits per heavy atom. The van der Waals surface area contributed by atoms with E-state index in [4.69, 9.17) is 15.5 Å². The van der Waals surface area contributed by atoms with Crippen LogP contribution in [0.15, 0.2) is 0 Å². The summed E-state index contributed by atoms with van der Waals surface area (Å²) >= 11 is 0. The van der Waals surface area contributed by atoms with Gasteiger partial charge < -0.3 is 15.4 Å². The molecule has 1 aliphatic rings. The van der Waals surface area contributed by atoms with Crippen LogP contribution in [-0.4, -0.2) is 36.8 Å². The SMILES string of the molecule is CCCc1nc(N)c(C)c(N2CCCC(COC)C2)n1. The number of nitrogen functional groups attached to an aromatic ring is 1. The highest BCUT2D eigenvalue weighted by molar-refractivity contribution is 5.56. The van der Waals surface area contributed by atoms with Crippen LogP contribution in [0.2, 0.25) is 0 Å². The van der Waals surface area contributed by atoms with Crippen molar-refractivity contribution in [1.29, 1.82) is 0 Å². The Labute approximate surface area is 121 Å². The van der Waals surface area contributed by atoms with Gasteiger partial charge in [0.2, 0.25) is 0 Å². The van der Waals surface area contributed by atoms with Crippen LogP contribution in [-0.2, 0) is 11.2 Å². The molecule has 2 rings (SSSR count). The third kappa shape index (κ3) is 3.39. The zero-order chi connectivity index (χ0) is 14.5. The van der Waals surface area contributed by atoms with Gasteiger partial charge in [0.15, 0.2) is 0 Å². The van der Waals surface area contributed by atoms with Crippen molar-refractivity contribution in [2.75, 3.05) is 37.4 Å². The lowest BCUT2D eigenvalue weighted by Crippen LogP contribution is -2.38. The summed E-state index contributed by atoms with van der Waals surface area (Å²) in [6.45, 7) is 7.01. The topological polar surface area (TPSA) is 64.3 Å². The quantitative estimate of drug-likeness (QED) is 0.894. The predicted octanol–water partition coefficient (Wildman–Crippen LogP) is 2.18. The first-order valence-electron chi connectivity index (χ1n) is 7.52. The molecule has 20 heavy (non-hydrogen) atoms. The fourth-order valence-corrected chi connectivity index (χ4v) is 2.84. The maximum Gasteiger partial charge on any atom is 0.137 e. The van der Waals surface area contributed by atoms with Crippen LogP contribution in [0.25, 0.3) is 0 Å². The first kappa shape index (κ1) is 15.0. The molecule has 1 saturated heterocycles. The Hall–Kier alpha value is -1.36. The summed E-state index contributed by atoms with van der Waals surface area (Å²) in [7, 11) is 1.77. The second-order valence-corrected chi connectivity index (χ2v) is 5.63. The van der Waals surface area contributed by atoms with Crippen molar-refractivity contribution in [3.63, 3.8) is 0 Å². The molecule has 2 heterocycles. The lowest BCUT2D eigenvalue weighted by Gasteiger charge is -2.34. The lowest BCUT2D eigenvalue weighted by molar-refractivity contribution is 0.143. The molecule has 1 aromatic heterocycles. The summed E-state index contributed by atoms with van der Waals surface area (Å²) in [5.41, 5.74) is 7.05. The number of ether oxygens (including phenoxy) is 1. The zero-order valence-corrected chi connectivity index (χ0v) is 12.9. The van der Waals surface area contributed by atoms with E-state index >= 15 is 0 Å². The van der Waals surface area contributed by atoms with Crippen molar-refractivity contribution in [1.82, 2.24) is 9.97 Å². The standard InChI is InChI=1S/C15H26N4O/c1-4-6-13-17-14(16)11(2)15(18-13)19-8-5-7-12(9-19)10-20-3/h12H,4-10H2,1-3H3,(H2,16,17,18). The maximum absolute atomic E-state index is 6.05. The van der Waals surface area contributed by atoms with Crippen molar-refractivity contribution in [2.24, 2.45) is 5.92 Å². The largest absolute Gasteiger partial charge is 0.384 e. The van der Waals surface area contributed by atoms with Gasteiger partial charge in [-0.1, -0.05) is 6.92 Å². The summed E-state index contributed by atoms with van der Waals surface area (Å²) in [6.07, 6.45) is 4.33. The molecular weight excluding hydrogens is 252 g/mol. The second-order valence-electron chi connectivity index (χ2n) is 5.63.